The molecule has 0 aromatic carbocycles. The Balaban J connectivity index is 1.84. The average Bonchev–Trinajstić information content (AvgIpc) is 2.91. The molecule has 2 aliphatic heterocycles. The van der Waals surface area contributed by atoms with E-state index in [-0.39, 0.29) is 18.1 Å². The Kier molecular flexibility index (Phi) is 3.72. The minimum absolute atomic E-state index is 0.0806. The van der Waals surface area contributed by atoms with Gasteiger partial charge in [0.2, 0.25) is 11.9 Å². The van der Waals surface area contributed by atoms with E-state index in [1.807, 2.05) is 32.8 Å². The van der Waals surface area contributed by atoms with Crippen LogP contribution in [0.4, 0.5) is 11.9 Å². The lowest BCUT2D eigenvalue weighted by Crippen LogP contribution is -2.31. The molecule has 1 aromatic heterocycles. The minimum Gasteiger partial charge on any atom is -0.347 e. The molecule has 1 aromatic rings. The van der Waals surface area contributed by atoms with Gasteiger partial charge in [0.15, 0.2) is 5.79 Å². The van der Waals surface area contributed by atoms with E-state index in [2.05, 4.69) is 33.7 Å². The fraction of sp³-hybridized carbons (Fsp3) is 0.800. The van der Waals surface area contributed by atoms with E-state index in [9.17, 15) is 0 Å². The fourth-order valence-electron chi connectivity index (χ4n) is 2.86. The zero-order valence-corrected chi connectivity index (χ0v) is 14.2. The average molecular weight is 307 g/mol. The van der Waals surface area contributed by atoms with Crippen molar-refractivity contribution in [3.8, 4) is 0 Å². The van der Waals surface area contributed by atoms with Crippen LogP contribution < -0.4 is 9.80 Å². The van der Waals surface area contributed by atoms with E-state index in [1.54, 1.807) is 0 Å². The van der Waals surface area contributed by atoms with Crippen molar-refractivity contribution < 1.29 is 9.47 Å². The largest absolute Gasteiger partial charge is 0.347 e. The molecule has 3 rings (SSSR count). The molecule has 0 unspecified atom stereocenters. The molecule has 0 bridgehead atoms. The second kappa shape index (κ2) is 5.31. The van der Waals surface area contributed by atoms with Gasteiger partial charge in [0.25, 0.3) is 0 Å². The second-order valence-corrected chi connectivity index (χ2v) is 6.96. The summed E-state index contributed by atoms with van der Waals surface area (Å²) in [4.78, 5) is 17.8. The molecule has 7 heteroatoms. The second-order valence-electron chi connectivity index (χ2n) is 6.96. The van der Waals surface area contributed by atoms with Crippen LogP contribution in [-0.4, -0.2) is 60.1 Å². The molecule has 7 nitrogen and oxygen atoms in total. The molecule has 2 fully saturated rings. The molecule has 0 amide bonds. The van der Waals surface area contributed by atoms with Crippen LogP contribution in [0.5, 0.6) is 0 Å². The Morgan fingerprint density at radius 3 is 2.18 bits per heavy atom. The number of aromatic nitrogens is 3. The fourth-order valence-corrected chi connectivity index (χ4v) is 2.86. The number of rotatable bonds is 3. The monoisotopic (exact) mass is 307 g/mol. The van der Waals surface area contributed by atoms with Gasteiger partial charge in [-0.15, -0.1) is 0 Å². The SMILES string of the molecule is CC(C)c1nc(N(C)C)nc(N2C[C@@H]3OC(C)(C)O[C@@H]3C2)n1. The molecule has 122 valence electrons. The zero-order chi connectivity index (χ0) is 16.1. The zero-order valence-electron chi connectivity index (χ0n) is 14.2. The molecule has 0 saturated carbocycles. The Morgan fingerprint density at radius 1 is 1.09 bits per heavy atom. The number of ether oxygens (including phenoxy) is 2. The molecule has 0 N–H and O–H groups in total. The number of nitrogens with zero attached hydrogens (tertiary/aromatic N) is 5. The standard InChI is InChI=1S/C15H25N5O2/c1-9(2)12-16-13(19(5)6)18-14(17-12)20-7-10-11(8-20)22-15(3,4)21-10/h9-11H,7-8H2,1-6H3/t10-,11+. The van der Waals surface area contributed by atoms with Crippen LogP contribution in [0.2, 0.25) is 0 Å². The van der Waals surface area contributed by atoms with Gasteiger partial charge in [-0.3, -0.25) is 0 Å². The van der Waals surface area contributed by atoms with Crippen molar-refractivity contribution in [2.24, 2.45) is 0 Å². The van der Waals surface area contributed by atoms with Crippen molar-refractivity contribution in [3.63, 3.8) is 0 Å². The van der Waals surface area contributed by atoms with Crippen LogP contribution in [0, 0.1) is 0 Å². The number of anilines is 2. The van der Waals surface area contributed by atoms with Crippen molar-refractivity contribution in [2.45, 2.75) is 51.6 Å². The quantitative estimate of drug-likeness (QED) is 0.836. The first-order valence-electron chi connectivity index (χ1n) is 7.79. The van der Waals surface area contributed by atoms with Crippen LogP contribution in [0.15, 0.2) is 0 Å². The Hall–Kier alpha value is -1.47. The van der Waals surface area contributed by atoms with Crippen LogP contribution in [0.1, 0.15) is 39.4 Å². The lowest BCUT2D eigenvalue weighted by molar-refractivity contribution is -0.147. The maximum absolute atomic E-state index is 5.93. The lowest BCUT2D eigenvalue weighted by atomic mass is 10.2. The van der Waals surface area contributed by atoms with Gasteiger partial charge >= 0.3 is 0 Å². The molecule has 0 aliphatic carbocycles. The summed E-state index contributed by atoms with van der Waals surface area (Å²) in [5, 5.41) is 0. The summed E-state index contributed by atoms with van der Waals surface area (Å²) in [6, 6.07) is 0. The highest BCUT2D eigenvalue weighted by Crippen LogP contribution is 2.34. The van der Waals surface area contributed by atoms with Gasteiger partial charge in [0.1, 0.15) is 18.0 Å². The van der Waals surface area contributed by atoms with Crippen molar-refractivity contribution in [1.29, 1.82) is 0 Å². The van der Waals surface area contributed by atoms with E-state index in [0.29, 0.717) is 11.9 Å². The van der Waals surface area contributed by atoms with Crippen molar-refractivity contribution >= 4 is 11.9 Å². The van der Waals surface area contributed by atoms with E-state index in [1.165, 1.54) is 0 Å². The molecule has 0 spiro atoms. The smallest absolute Gasteiger partial charge is 0.230 e. The number of hydrogen-bond donors (Lipinski definition) is 0. The molecule has 2 saturated heterocycles. The van der Waals surface area contributed by atoms with Gasteiger partial charge in [-0.2, -0.15) is 15.0 Å². The molecule has 3 heterocycles. The van der Waals surface area contributed by atoms with Crippen LogP contribution >= 0.6 is 0 Å². The Bertz CT molecular complexity index is 519. The summed E-state index contributed by atoms with van der Waals surface area (Å²) in [5.41, 5.74) is 0. The Morgan fingerprint density at radius 2 is 1.68 bits per heavy atom. The van der Waals surface area contributed by atoms with E-state index >= 15 is 0 Å². The third-order valence-corrected chi connectivity index (χ3v) is 3.91. The first-order valence-corrected chi connectivity index (χ1v) is 7.79. The molecule has 2 aliphatic rings. The van der Waals surface area contributed by atoms with Crippen LogP contribution in [0.3, 0.4) is 0 Å². The maximum Gasteiger partial charge on any atom is 0.230 e. The van der Waals surface area contributed by atoms with Crippen molar-refractivity contribution in [3.05, 3.63) is 5.82 Å². The van der Waals surface area contributed by atoms with Gasteiger partial charge in [0.05, 0.1) is 0 Å². The Labute approximate surface area is 131 Å². The molecular weight excluding hydrogens is 282 g/mol. The summed E-state index contributed by atoms with van der Waals surface area (Å²) < 4.78 is 11.9. The summed E-state index contributed by atoms with van der Waals surface area (Å²) in [6.45, 7) is 9.60. The van der Waals surface area contributed by atoms with Crippen LogP contribution in [-0.2, 0) is 9.47 Å². The van der Waals surface area contributed by atoms with E-state index in [4.69, 9.17) is 9.47 Å². The predicted octanol–water partition coefficient (Wildman–Crippen LogP) is 1.40. The highest BCUT2D eigenvalue weighted by molar-refractivity contribution is 5.40. The van der Waals surface area contributed by atoms with Gasteiger partial charge in [-0.05, 0) is 13.8 Å². The van der Waals surface area contributed by atoms with Gasteiger partial charge in [-0.1, -0.05) is 13.8 Å². The maximum atomic E-state index is 5.93. The number of fused-ring (bicyclic) bond motifs is 1. The third kappa shape index (κ3) is 2.87. The summed E-state index contributed by atoms with van der Waals surface area (Å²) in [5.74, 6) is 1.98. The summed E-state index contributed by atoms with van der Waals surface area (Å²) in [7, 11) is 3.88. The predicted molar refractivity (Wildman–Crippen MR) is 84.3 cm³/mol. The minimum atomic E-state index is -0.488. The van der Waals surface area contributed by atoms with E-state index in [0.717, 1.165) is 18.9 Å². The first kappa shape index (κ1) is 15.4. The highest BCUT2D eigenvalue weighted by Gasteiger charge is 2.47. The highest BCUT2D eigenvalue weighted by atomic mass is 16.8. The first-order chi connectivity index (χ1) is 10.2. The van der Waals surface area contributed by atoms with Crippen molar-refractivity contribution in [2.75, 3.05) is 37.0 Å². The molecule has 0 radical (unpaired) electrons. The lowest BCUT2D eigenvalue weighted by Gasteiger charge is -2.24. The van der Waals surface area contributed by atoms with Gasteiger partial charge < -0.3 is 19.3 Å². The summed E-state index contributed by atoms with van der Waals surface area (Å²) >= 11 is 0. The topological polar surface area (TPSA) is 63.6 Å². The normalized spacial score (nSPS) is 26.6. The van der Waals surface area contributed by atoms with Crippen LogP contribution in [0.25, 0.3) is 0 Å². The third-order valence-electron chi connectivity index (χ3n) is 3.91. The molecule has 2 atom stereocenters. The summed E-state index contributed by atoms with van der Waals surface area (Å²) in [6.07, 6.45) is 0.161. The van der Waals surface area contributed by atoms with E-state index < -0.39 is 5.79 Å². The molecule has 22 heavy (non-hydrogen) atoms. The molecular formula is C15H25N5O2. The van der Waals surface area contributed by atoms with Gasteiger partial charge in [-0.25, -0.2) is 0 Å². The number of hydrogen-bond acceptors (Lipinski definition) is 7. The van der Waals surface area contributed by atoms with Crippen molar-refractivity contribution in [1.82, 2.24) is 15.0 Å². The van der Waals surface area contributed by atoms with Gasteiger partial charge in [0, 0.05) is 33.1 Å².